The second-order valence-electron chi connectivity index (χ2n) is 6.43. The number of nitrogens with zero attached hydrogens (tertiary/aromatic N) is 2. The van der Waals surface area contributed by atoms with E-state index >= 15 is 0 Å². The lowest BCUT2D eigenvalue weighted by atomic mass is 10.1. The molecule has 0 fully saturated rings. The van der Waals surface area contributed by atoms with Crippen LogP contribution in [0.4, 0.5) is 0 Å². The van der Waals surface area contributed by atoms with Gasteiger partial charge in [0.15, 0.2) is 12.6 Å². The summed E-state index contributed by atoms with van der Waals surface area (Å²) >= 11 is 0. The van der Waals surface area contributed by atoms with Gasteiger partial charge >= 0.3 is 0 Å². The summed E-state index contributed by atoms with van der Waals surface area (Å²) in [6, 6.07) is 0. The summed E-state index contributed by atoms with van der Waals surface area (Å²) in [6.07, 6.45) is 10.8. The summed E-state index contributed by atoms with van der Waals surface area (Å²) in [5.74, 6) is 0. The minimum atomic E-state index is 0.792. The lowest BCUT2D eigenvalue weighted by Gasteiger charge is -2.09. The van der Waals surface area contributed by atoms with Gasteiger partial charge in [0.2, 0.25) is 0 Å². The van der Waals surface area contributed by atoms with E-state index in [1.54, 1.807) is 0 Å². The first-order valence-corrected chi connectivity index (χ1v) is 9.46. The van der Waals surface area contributed by atoms with Gasteiger partial charge < -0.3 is 9.13 Å². The average Bonchev–Trinajstić information content (AvgIpc) is 3.17. The van der Waals surface area contributed by atoms with Crippen LogP contribution in [0.3, 0.4) is 0 Å². The van der Waals surface area contributed by atoms with Crippen molar-refractivity contribution in [3.63, 3.8) is 0 Å². The average molecular weight is 342 g/mol. The highest BCUT2D eigenvalue weighted by molar-refractivity contribution is 5.76. The van der Waals surface area contributed by atoms with Gasteiger partial charge in [0.1, 0.15) is 0 Å². The molecule has 0 radical (unpaired) electrons. The zero-order chi connectivity index (χ0) is 18.4. The molecule has 0 N–H and O–H groups in total. The van der Waals surface area contributed by atoms with Crippen molar-refractivity contribution in [1.82, 2.24) is 9.13 Å². The van der Waals surface area contributed by atoms with Crippen LogP contribution in [0.2, 0.25) is 0 Å². The van der Waals surface area contributed by atoms with Crippen LogP contribution in [0.1, 0.15) is 77.3 Å². The lowest BCUT2D eigenvalue weighted by Crippen LogP contribution is -2.08. The first-order chi connectivity index (χ1) is 12.1. The van der Waals surface area contributed by atoms with Gasteiger partial charge in [-0.05, 0) is 54.4 Å². The molecule has 0 saturated heterocycles. The van der Waals surface area contributed by atoms with Crippen LogP contribution in [0.15, 0.2) is 12.4 Å². The molecule has 0 bridgehead atoms. The summed E-state index contributed by atoms with van der Waals surface area (Å²) < 4.78 is 4.16. The lowest BCUT2D eigenvalue weighted by molar-refractivity contribution is 0.110. The van der Waals surface area contributed by atoms with Gasteiger partial charge in [-0.15, -0.1) is 0 Å². The minimum Gasteiger partial charge on any atom is -0.345 e. The van der Waals surface area contributed by atoms with Crippen LogP contribution in [0, 0.1) is 0 Å². The van der Waals surface area contributed by atoms with Crippen molar-refractivity contribution < 1.29 is 9.59 Å². The third-order valence-corrected chi connectivity index (χ3v) is 5.13. The van der Waals surface area contributed by atoms with Crippen molar-refractivity contribution >= 4 is 12.6 Å². The first kappa shape index (κ1) is 19.2. The molecule has 25 heavy (non-hydrogen) atoms. The van der Waals surface area contributed by atoms with Crippen LogP contribution >= 0.6 is 0 Å². The molecule has 4 nitrogen and oxygen atoms in total. The number of aldehydes is 2. The Bertz CT molecular complexity index is 675. The molecule has 2 rings (SSSR count). The third kappa shape index (κ3) is 3.78. The fraction of sp³-hybridized carbons (Fsp3) is 0.524. The number of hydrogen-bond donors (Lipinski definition) is 0. The standard InChI is InChI=1S/C21H30N2O2/c1-5-16-12-22(20(14-24)18(16)7-3)10-9-11-23-13-17(6-2)19(8-4)21(23)15-25/h12-15H,5-11H2,1-4H3. The largest absolute Gasteiger partial charge is 0.345 e. The highest BCUT2D eigenvalue weighted by atomic mass is 16.1. The summed E-state index contributed by atoms with van der Waals surface area (Å²) in [4.78, 5) is 23.0. The fourth-order valence-corrected chi connectivity index (χ4v) is 3.83. The Morgan fingerprint density at radius 1 is 0.720 bits per heavy atom. The number of carbonyl (C=O) groups is 2. The third-order valence-electron chi connectivity index (χ3n) is 5.13. The zero-order valence-corrected chi connectivity index (χ0v) is 16.0. The molecular formula is C21H30N2O2. The van der Waals surface area contributed by atoms with E-state index in [9.17, 15) is 9.59 Å². The second-order valence-corrected chi connectivity index (χ2v) is 6.43. The van der Waals surface area contributed by atoms with Gasteiger partial charge in [0, 0.05) is 25.5 Å². The Morgan fingerprint density at radius 2 is 1.12 bits per heavy atom. The predicted molar refractivity (Wildman–Crippen MR) is 102 cm³/mol. The van der Waals surface area contributed by atoms with Crippen molar-refractivity contribution in [3.05, 3.63) is 46.0 Å². The van der Waals surface area contributed by atoms with Gasteiger partial charge in [-0.25, -0.2) is 0 Å². The Balaban J connectivity index is 2.16. The van der Waals surface area contributed by atoms with Crippen molar-refractivity contribution in [2.75, 3.05) is 0 Å². The van der Waals surface area contributed by atoms with E-state index in [1.165, 1.54) is 22.3 Å². The van der Waals surface area contributed by atoms with Crippen molar-refractivity contribution in [3.8, 4) is 0 Å². The van der Waals surface area contributed by atoms with Gasteiger partial charge in [0.05, 0.1) is 11.4 Å². The van der Waals surface area contributed by atoms with Crippen LogP contribution in [0.25, 0.3) is 0 Å². The van der Waals surface area contributed by atoms with Crippen LogP contribution in [0.5, 0.6) is 0 Å². The number of aromatic nitrogens is 2. The molecular weight excluding hydrogens is 312 g/mol. The van der Waals surface area contributed by atoms with Crippen molar-refractivity contribution in [2.24, 2.45) is 0 Å². The van der Waals surface area contributed by atoms with E-state index in [2.05, 4.69) is 49.2 Å². The topological polar surface area (TPSA) is 44.0 Å². The molecule has 2 heterocycles. The molecule has 0 atom stereocenters. The quantitative estimate of drug-likeness (QED) is 0.606. The smallest absolute Gasteiger partial charge is 0.166 e. The predicted octanol–water partition coefficient (Wildman–Crippen LogP) is 4.25. The van der Waals surface area contributed by atoms with Gasteiger partial charge in [-0.1, -0.05) is 27.7 Å². The molecule has 2 aromatic rings. The fourth-order valence-electron chi connectivity index (χ4n) is 3.83. The Hall–Kier alpha value is -2.10. The number of carbonyl (C=O) groups excluding carboxylic acids is 2. The molecule has 136 valence electrons. The Labute approximate surface area is 150 Å². The van der Waals surface area contributed by atoms with Gasteiger partial charge in [-0.2, -0.15) is 0 Å². The molecule has 0 aliphatic rings. The van der Waals surface area contributed by atoms with E-state index in [0.717, 1.165) is 69.2 Å². The van der Waals surface area contributed by atoms with Gasteiger partial charge in [0.25, 0.3) is 0 Å². The van der Waals surface area contributed by atoms with E-state index in [0.29, 0.717) is 0 Å². The highest BCUT2D eigenvalue weighted by Crippen LogP contribution is 2.20. The van der Waals surface area contributed by atoms with E-state index in [-0.39, 0.29) is 0 Å². The second kappa shape index (κ2) is 8.84. The van der Waals surface area contributed by atoms with E-state index in [1.807, 2.05) is 0 Å². The van der Waals surface area contributed by atoms with Crippen LogP contribution < -0.4 is 0 Å². The molecule has 0 aliphatic heterocycles. The Morgan fingerprint density at radius 3 is 1.40 bits per heavy atom. The molecule has 2 aromatic heterocycles. The summed E-state index contributed by atoms with van der Waals surface area (Å²) in [5.41, 5.74) is 6.50. The zero-order valence-electron chi connectivity index (χ0n) is 16.0. The maximum atomic E-state index is 11.5. The molecule has 0 saturated carbocycles. The molecule has 0 aromatic carbocycles. The van der Waals surface area contributed by atoms with Gasteiger partial charge in [-0.3, -0.25) is 9.59 Å². The Kier molecular flexibility index (Phi) is 6.80. The maximum Gasteiger partial charge on any atom is 0.166 e. The minimum absolute atomic E-state index is 0.792. The molecule has 0 amide bonds. The van der Waals surface area contributed by atoms with Crippen molar-refractivity contribution in [1.29, 1.82) is 0 Å². The van der Waals surface area contributed by atoms with Crippen molar-refractivity contribution in [2.45, 2.75) is 72.9 Å². The molecule has 0 unspecified atom stereocenters. The molecule has 4 heteroatoms. The number of rotatable bonds is 10. The monoisotopic (exact) mass is 342 g/mol. The van der Waals surface area contributed by atoms with Crippen LogP contribution in [-0.2, 0) is 38.8 Å². The highest BCUT2D eigenvalue weighted by Gasteiger charge is 2.14. The van der Waals surface area contributed by atoms with E-state index < -0.39 is 0 Å². The summed E-state index contributed by atoms with van der Waals surface area (Å²) in [7, 11) is 0. The SMILES string of the molecule is CCc1cn(CCCn2cc(CC)c(CC)c2C=O)c(C=O)c1CC. The maximum absolute atomic E-state index is 11.5. The number of aryl methyl sites for hydroxylation is 4. The summed E-state index contributed by atoms with van der Waals surface area (Å²) in [5, 5.41) is 0. The summed E-state index contributed by atoms with van der Waals surface area (Å²) in [6.45, 7) is 10.0. The van der Waals surface area contributed by atoms with E-state index in [4.69, 9.17) is 0 Å². The first-order valence-electron chi connectivity index (χ1n) is 9.46. The van der Waals surface area contributed by atoms with Crippen LogP contribution in [-0.4, -0.2) is 21.7 Å². The normalized spacial score (nSPS) is 11.0. The molecule has 0 spiro atoms. The molecule has 0 aliphatic carbocycles. The number of hydrogen-bond acceptors (Lipinski definition) is 2.